The molecule has 0 bridgehead atoms. The smallest absolute Gasteiger partial charge is 0.164 e. The first kappa shape index (κ1) is 29.9. The third-order valence-corrected chi connectivity index (χ3v) is 10.5. The monoisotopic (exact) mass is 642 g/mol. The van der Waals surface area contributed by atoms with E-state index in [0.29, 0.717) is 17.5 Å². The van der Waals surface area contributed by atoms with E-state index in [-0.39, 0.29) is 5.41 Å². The highest BCUT2D eigenvalue weighted by Gasteiger charge is 2.44. The highest BCUT2D eigenvalue weighted by atomic mass is 15.0. The fourth-order valence-corrected chi connectivity index (χ4v) is 8.19. The number of rotatable bonds is 5. The summed E-state index contributed by atoms with van der Waals surface area (Å²) in [7, 11) is 0. The Kier molecular flexibility index (Phi) is 7.40. The minimum atomic E-state index is -0.0144. The zero-order valence-corrected chi connectivity index (χ0v) is 27.7. The lowest BCUT2D eigenvalue weighted by atomic mass is 9.67. The number of aromatic nitrogens is 3. The molecule has 1 saturated carbocycles. The van der Waals surface area contributed by atoms with E-state index in [9.17, 15) is 5.26 Å². The van der Waals surface area contributed by atoms with Gasteiger partial charge in [0.25, 0.3) is 0 Å². The van der Waals surface area contributed by atoms with Crippen LogP contribution in [0.15, 0.2) is 146 Å². The van der Waals surface area contributed by atoms with E-state index in [2.05, 4.69) is 84.9 Å². The second kappa shape index (κ2) is 12.4. The Balaban J connectivity index is 1.14. The van der Waals surface area contributed by atoms with Crippen LogP contribution in [0.5, 0.6) is 0 Å². The molecule has 0 saturated heterocycles. The van der Waals surface area contributed by atoms with E-state index in [1.807, 2.05) is 66.7 Å². The third kappa shape index (κ3) is 5.11. The molecule has 50 heavy (non-hydrogen) atoms. The largest absolute Gasteiger partial charge is 0.208 e. The van der Waals surface area contributed by atoms with Gasteiger partial charge in [-0.1, -0.05) is 141 Å². The zero-order chi connectivity index (χ0) is 33.5. The van der Waals surface area contributed by atoms with Crippen molar-refractivity contribution in [2.24, 2.45) is 0 Å². The maximum atomic E-state index is 9.81. The van der Waals surface area contributed by atoms with Crippen molar-refractivity contribution in [1.29, 1.82) is 5.26 Å². The Morgan fingerprint density at radius 1 is 0.440 bits per heavy atom. The first-order valence-corrected chi connectivity index (χ1v) is 17.5. The van der Waals surface area contributed by atoms with Crippen LogP contribution >= 0.6 is 0 Å². The van der Waals surface area contributed by atoms with Gasteiger partial charge in [-0.2, -0.15) is 5.26 Å². The fraction of sp³-hybridized carbons (Fsp3) is 0.130. The van der Waals surface area contributed by atoms with Crippen molar-refractivity contribution in [3.63, 3.8) is 0 Å². The van der Waals surface area contributed by atoms with Gasteiger partial charge in [-0.25, -0.2) is 15.0 Å². The molecule has 0 radical (unpaired) electrons. The number of nitrogens with zero attached hydrogens (tertiary/aromatic N) is 4. The van der Waals surface area contributed by atoms with Gasteiger partial charge in [-0.3, -0.25) is 0 Å². The average molecular weight is 643 g/mol. The molecule has 0 atom stereocenters. The van der Waals surface area contributed by atoms with Crippen LogP contribution in [0.3, 0.4) is 0 Å². The minimum Gasteiger partial charge on any atom is -0.208 e. The molecular weight excluding hydrogens is 609 g/mol. The molecule has 0 aliphatic heterocycles. The van der Waals surface area contributed by atoms with Gasteiger partial charge in [0.05, 0.1) is 11.6 Å². The van der Waals surface area contributed by atoms with Crippen LogP contribution in [0.2, 0.25) is 0 Å². The van der Waals surface area contributed by atoms with Crippen molar-refractivity contribution in [2.75, 3.05) is 0 Å². The van der Waals surface area contributed by atoms with Crippen LogP contribution in [0.25, 0.3) is 67.5 Å². The SMILES string of the molecule is N#Cc1ccc2c(c1)C1(CCCCC1)c1cccc(-c3cccc(-c4cccc(-c5nc(-c6ccccc6)nc(-c6ccccc6)n5)c4)c3)c1-2. The molecule has 0 amide bonds. The average Bonchev–Trinajstić information content (AvgIpc) is 3.46. The van der Waals surface area contributed by atoms with Crippen LogP contribution in [0.1, 0.15) is 48.8 Å². The first-order chi connectivity index (χ1) is 24.7. The van der Waals surface area contributed by atoms with Crippen LogP contribution in [-0.2, 0) is 5.41 Å². The van der Waals surface area contributed by atoms with Crippen LogP contribution < -0.4 is 0 Å². The lowest BCUT2D eigenvalue weighted by Gasteiger charge is -2.36. The third-order valence-electron chi connectivity index (χ3n) is 10.5. The number of hydrogen-bond acceptors (Lipinski definition) is 4. The summed E-state index contributed by atoms with van der Waals surface area (Å²) in [4.78, 5) is 14.8. The molecule has 2 aliphatic carbocycles. The summed E-state index contributed by atoms with van der Waals surface area (Å²) < 4.78 is 0. The van der Waals surface area contributed by atoms with Gasteiger partial charge in [0.15, 0.2) is 17.5 Å². The van der Waals surface area contributed by atoms with Crippen molar-refractivity contribution in [1.82, 2.24) is 15.0 Å². The molecule has 4 heteroatoms. The molecule has 9 rings (SSSR count). The molecule has 1 aromatic heterocycles. The number of hydrogen-bond donors (Lipinski definition) is 0. The normalized spacial score (nSPS) is 14.1. The molecule has 6 aromatic carbocycles. The van der Waals surface area contributed by atoms with E-state index in [4.69, 9.17) is 15.0 Å². The number of benzene rings is 6. The number of fused-ring (bicyclic) bond motifs is 5. The van der Waals surface area contributed by atoms with E-state index in [1.54, 1.807) is 0 Å². The second-order valence-corrected chi connectivity index (χ2v) is 13.4. The zero-order valence-electron chi connectivity index (χ0n) is 27.7. The first-order valence-electron chi connectivity index (χ1n) is 17.5. The summed E-state index contributed by atoms with van der Waals surface area (Å²) in [5.41, 5.74) is 13.6. The van der Waals surface area contributed by atoms with Gasteiger partial charge < -0.3 is 0 Å². The van der Waals surface area contributed by atoms with Gasteiger partial charge in [-0.15, -0.1) is 0 Å². The quantitative estimate of drug-likeness (QED) is 0.187. The van der Waals surface area contributed by atoms with Crippen molar-refractivity contribution >= 4 is 0 Å². The standard InChI is InChI=1S/C46H34N4/c47-30-31-23-24-39-41(27-31)46(25-8-3-9-26-46)40-22-12-21-38(42(39)40)36-19-10-17-34(28-36)35-18-11-20-37(29-35)45-49-43(32-13-4-1-5-14-32)48-44(50-45)33-15-6-2-7-16-33/h1-2,4-7,10-24,27-29H,3,8-9,25-26H2. The van der Waals surface area contributed by atoms with Gasteiger partial charge in [0, 0.05) is 22.1 Å². The lowest BCUT2D eigenvalue weighted by molar-refractivity contribution is 0.353. The summed E-state index contributed by atoms with van der Waals surface area (Å²) in [6, 6.07) is 53.1. The van der Waals surface area contributed by atoms with Gasteiger partial charge in [0.1, 0.15) is 0 Å². The molecule has 238 valence electrons. The lowest BCUT2D eigenvalue weighted by Crippen LogP contribution is -2.28. The van der Waals surface area contributed by atoms with Crippen molar-refractivity contribution in [2.45, 2.75) is 37.5 Å². The maximum Gasteiger partial charge on any atom is 0.164 e. The molecule has 1 spiro atoms. The van der Waals surface area contributed by atoms with Gasteiger partial charge >= 0.3 is 0 Å². The van der Waals surface area contributed by atoms with E-state index >= 15 is 0 Å². The Hall–Kier alpha value is -6.18. The molecule has 1 heterocycles. The van der Waals surface area contributed by atoms with Crippen LogP contribution in [0, 0.1) is 11.3 Å². The van der Waals surface area contributed by atoms with E-state index in [0.717, 1.165) is 46.2 Å². The molecule has 2 aliphatic rings. The van der Waals surface area contributed by atoms with Crippen LogP contribution in [-0.4, -0.2) is 15.0 Å². The van der Waals surface area contributed by atoms with Gasteiger partial charge in [0.2, 0.25) is 0 Å². The summed E-state index contributed by atoms with van der Waals surface area (Å²) in [5.74, 6) is 1.94. The van der Waals surface area contributed by atoms with Crippen LogP contribution in [0.4, 0.5) is 0 Å². The maximum absolute atomic E-state index is 9.81. The molecular formula is C46H34N4. The fourth-order valence-electron chi connectivity index (χ4n) is 8.19. The summed E-state index contributed by atoms with van der Waals surface area (Å²) in [5, 5.41) is 9.81. The number of nitriles is 1. The highest BCUT2D eigenvalue weighted by Crippen LogP contribution is 2.58. The minimum absolute atomic E-state index is 0.0144. The molecule has 0 N–H and O–H groups in total. The predicted molar refractivity (Wildman–Crippen MR) is 201 cm³/mol. The predicted octanol–water partition coefficient (Wildman–Crippen LogP) is 11.3. The second-order valence-electron chi connectivity index (χ2n) is 13.4. The van der Waals surface area contributed by atoms with Crippen molar-refractivity contribution in [3.05, 3.63) is 162 Å². The highest BCUT2D eigenvalue weighted by molar-refractivity contribution is 5.94. The Morgan fingerprint density at radius 3 is 1.62 bits per heavy atom. The Morgan fingerprint density at radius 2 is 0.980 bits per heavy atom. The molecule has 7 aromatic rings. The summed E-state index contributed by atoms with van der Waals surface area (Å²) >= 11 is 0. The topological polar surface area (TPSA) is 62.5 Å². The Labute approximate surface area is 292 Å². The van der Waals surface area contributed by atoms with E-state index in [1.165, 1.54) is 52.6 Å². The van der Waals surface area contributed by atoms with Gasteiger partial charge in [-0.05, 0) is 81.6 Å². The van der Waals surface area contributed by atoms with Crippen molar-refractivity contribution < 1.29 is 0 Å². The summed E-state index contributed by atoms with van der Waals surface area (Å²) in [6.45, 7) is 0. The summed E-state index contributed by atoms with van der Waals surface area (Å²) in [6.07, 6.45) is 5.97. The van der Waals surface area contributed by atoms with E-state index < -0.39 is 0 Å². The molecule has 0 unspecified atom stereocenters. The Bertz CT molecular complexity index is 2360. The molecule has 4 nitrogen and oxygen atoms in total. The molecule has 1 fully saturated rings. The van der Waals surface area contributed by atoms with Crippen molar-refractivity contribution in [3.8, 4) is 73.6 Å².